The Kier molecular flexibility index (Phi) is 6.36. The number of ether oxygens (including phenoxy) is 3. The number of nitrogens with zero attached hydrogens (tertiary/aromatic N) is 3. The Morgan fingerprint density at radius 1 is 0.762 bits per heavy atom. The maximum Gasteiger partial charge on any atom is 0.257 e. The highest BCUT2D eigenvalue weighted by atomic mass is 16.7. The normalized spacial score (nSPS) is 27.9. The molecular weight excluding hydrogens is 534 g/mol. The van der Waals surface area contributed by atoms with Crippen LogP contribution in [0.5, 0.6) is 0 Å². The van der Waals surface area contributed by atoms with E-state index in [4.69, 9.17) is 14.2 Å². The minimum absolute atomic E-state index is 0.244. The number of carbonyl (C=O) groups is 2. The van der Waals surface area contributed by atoms with Crippen LogP contribution in [-0.4, -0.2) is 52.0 Å². The van der Waals surface area contributed by atoms with Crippen molar-refractivity contribution in [3.63, 3.8) is 0 Å². The lowest BCUT2D eigenvalue weighted by molar-refractivity contribution is -0.138. The van der Waals surface area contributed by atoms with Crippen LogP contribution in [0.1, 0.15) is 45.7 Å². The summed E-state index contributed by atoms with van der Waals surface area (Å²) in [5, 5.41) is 5.91. The molecule has 0 saturated carbocycles. The molecule has 3 fully saturated rings. The molecule has 5 heterocycles. The van der Waals surface area contributed by atoms with Gasteiger partial charge in [-0.05, 0) is 73.5 Å². The van der Waals surface area contributed by atoms with Gasteiger partial charge in [0.25, 0.3) is 11.8 Å². The first-order chi connectivity index (χ1) is 20.3. The smallest absolute Gasteiger partial charge is 0.257 e. The molecule has 2 aromatic carbocycles. The van der Waals surface area contributed by atoms with Crippen molar-refractivity contribution in [3.8, 4) is 0 Å². The molecule has 0 bridgehead atoms. The van der Waals surface area contributed by atoms with Crippen LogP contribution >= 0.6 is 0 Å². The largest absolute Gasteiger partial charge is 0.355 e. The zero-order valence-electron chi connectivity index (χ0n) is 23.1. The summed E-state index contributed by atoms with van der Waals surface area (Å²) < 4.78 is 19.7. The van der Waals surface area contributed by atoms with E-state index in [-0.39, 0.29) is 18.0 Å². The van der Waals surface area contributed by atoms with Crippen LogP contribution in [0.2, 0.25) is 0 Å². The molecule has 5 atom stereocenters. The van der Waals surface area contributed by atoms with Crippen molar-refractivity contribution in [3.05, 3.63) is 120 Å². The Balaban J connectivity index is 1.15. The highest BCUT2D eigenvalue weighted by Gasteiger charge is 2.68. The Labute approximate surface area is 242 Å². The standard InChI is InChI=1S/C32H29N5O5/c1-31(22-9-3-11-24(15-22)35-27(38)20-7-5-13-33-17-20)29-37-26(19-40-29)41-32(2,30(37)42-31)23-10-4-12-25(16-23)36-28(39)21-8-6-14-34-18-21/h3-18,26,29-30H,19H2,1-2H3,(H,35,38)(H,36,39)/t26-,29-,30-,31-,32-/m0/s1. The van der Waals surface area contributed by atoms with E-state index in [1.807, 2.05) is 62.4 Å². The second-order valence-electron chi connectivity index (χ2n) is 10.9. The topological polar surface area (TPSA) is 115 Å². The third-order valence-corrected chi connectivity index (χ3v) is 8.19. The summed E-state index contributed by atoms with van der Waals surface area (Å²) in [5.41, 5.74) is 2.28. The molecule has 42 heavy (non-hydrogen) atoms. The van der Waals surface area contributed by atoms with Crippen molar-refractivity contribution in [2.24, 2.45) is 0 Å². The maximum atomic E-state index is 12.8. The number of hydrogen-bond donors (Lipinski definition) is 2. The summed E-state index contributed by atoms with van der Waals surface area (Å²) in [6, 6.07) is 22.1. The zero-order valence-corrected chi connectivity index (χ0v) is 23.1. The minimum Gasteiger partial charge on any atom is -0.355 e. The predicted molar refractivity (Wildman–Crippen MR) is 153 cm³/mol. The fraction of sp³-hybridized carbons (Fsp3) is 0.250. The summed E-state index contributed by atoms with van der Waals surface area (Å²) in [5.74, 6) is -0.487. The van der Waals surface area contributed by atoms with Crippen molar-refractivity contribution in [2.75, 3.05) is 17.2 Å². The maximum absolute atomic E-state index is 12.8. The van der Waals surface area contributed by atoms with Gasteiger partial charge in [0, 0.05) is 36.2 Å². The molecule has 212 valence electrons. The molecular formula is C32H29N5O5. The number of hydrogen-bond acceptors (Lipinski definition) is 8. The molecule has 2 amide bonds. The van der Waals surface area contributed by atoms with Gasteiger partial charge < -0.3 is 24.8 Å². The predicted octanol–water partition coefficient (Wildman–Crippen LogP) is 4.48. The Bertz CT molecular complexity index is 1560. The number of anilines is 2. The van der Waals surface area contributed by atoms with E-state index in [9.17, 15) is 9.59 Å². The SMILES string of the molecule is C[C@@]1(c2cccc(NC(=O)c3cccnc3)c2)O[C@H]2CO[C@@H]3N2[C@H]1O[C@@]3(C)c1cccc(NC(=O)c2cccnc2)c1. The van der Waals surface area contributed by atoms with Crippen molar-refractivity contribution < 1.29 is 23.8 Å². The van der Waals surface area contributed by atoms with Gasteiger partial charge in [-0.1, -0.05) is 24.3 Å². The van der Waals surface area contributed by atoms with E-state index < -0.39 is 23.7 Å². The van der Waals surface area contributed by atoms with Gasteiger partial charge in [0.2, 0.25) is 0 Å². The van der Waals surface area contributed by atoms with Crippen LogP contribution in [0.4, 0.5) is 11.4 Å². The van der Waals surface area contributed by atoms with Crippen molar-refractivity contribution in [1.82, 2.24) is 14.9 Å². The van der Waals surface area contributed by atoms with Gasteiger partial charge in [-0.15, -0.1) is 0 Å². The molecule has 0 radical (unpaired) electrons. The Morgan fingerprint density at radius 3 is 1.83 bits per heavy atom. The number of nitrogens with one attached hydrogen (secondary N) is 2. The van der Waals surface area contributed by atoms with E-state index in [0.29, 0.717) is 29.1 Å². The molecule has 0 spiro atoms. The lowest BCUT2D eigenvalue weighted by atomic mass is 9.93. The van der Waals surface area contributed by atoms with E-state index in [1.165, 1.54) is 12.4 Å². The molecule has 3 aliphatic rings. The highest BCUT2D eigenvalue weighted by molar-refractivity contribution is 6.04. The van der Waals surface area contributed by atoms with Gasteiger partial charge in [-0.3, -0.25) is 19.6 Å². The highest BCUT2D eigenvalue weighted by Crippen LogP contribution is 2.56. The second-order valence-corrected chi connectivity index (χ2v) is 10.9. The zero-order chi connectivity index (χ0) is 28.9. The molecule has 3 saturated heterocycles. The second kappa shape index (κ2) is 10.1. The number of benzene rings is 2. The first kappa shape index (κ1) is 26.4. The summed E-state index contributed by atoms with van der Waals surface area (Å²) in [6.45, 7) is 4.40. The number of aromatic nitrogens is 2. The van der Waals surface area contributed by atoms with Crippen LogP contribution in [0.15, 0.2) is 97.6 Å². The number of carbonyl (C=O) groups excluding carboxylic acids is 2. The molecule has 0 aliphatic carbocycles. The summed E-state index contributed by atoms with van der Waals surface area (Å²) in [4.78, 5) is 35.7. The van der Waals surface area contributed by atoms with Crippen molar-refractivity contribution >= 4 is 23.2 Å². The van der Waals surface area contributed by atoms with Crippen molar-refractivity contribution in [2.45, 2.75) is 43.7 Å². The molecule has 10 nitrogen and oxygen atoms in total. The van der Waals surface area contributed by atoms with E-state index in [0.717, 1.165) is 11.1 Å². The van der Waals surface area contributed by atoms with Crippen LogP contribution in [0, 0.1) is 0 Å². The fourth-order valence-electron chi connectivity index (χ4n) is 6.03. The molecule has 0 unspecified atom stereocenters. The lowest BCUT2D eigenvalue weighted by Crippen LogP contribution is -2.40. The Hall–Kier alpha value is -4.48. The summed E-state index contributed by atoms with van der Waals surface area (Å²) in [7, 11) is 0. The van der Waals surface area contributed by atoms with E-state index in [2.05, 4.69) is 25.5 Å². The fourth-order valence-corrected chi connectivity index (χ4v) is 6.03. The minimum atomic E-state index is -0.842. The van der Waals surface area contributed by atoms with Gasteiger partial charge in [0.1, 0.15) is 29.9 Å². The average Bonchev–Trinajstić information content (AvgIpc) is 3.67. The van der Waals surface area contributed by atoms with Gasteiger partial charge in [0.15, 0.2) is 0 Å². The first-order valence-corrected chi connectivity index (χ1v) is 13.7. The number of rotatable bonds is 6. The monoisotopic (exact) mass is 563 g/mol. The van der Waals surface area contributed by atoms with Gasteiger partial charge in [-0.2, -0.15) is 0 Å². The molecule has 3 aliphatic heterocycles. The molecule has 2 aromatic heterocycles. The molecule has 4 aromatic rings. The molecule has 10 heteroatoms. The quantitative estimate of drug-likeness (QED) is 0.353. The lowest BCUT2D eigenvalue weighted by Gasteiger charge is -2.33. The molecule has 7 rings (SSSR count). The summed E-state index contributed by atoms with van der Waals surface area (Å²) in [6.07, 6.45) is 5.16. The van der Waals surface area contributed by atoms with Crippen LogP contribution in [0.25, 0.3) is 0 Å². The third kappa shape index (κ3) is 4.36. The van der Waals surface area contributed by atoms with E-state index in [1.54, 1.807) is 36.7 Å². The molecule has 2 N–H and O–H groups in total. The van der Waals surface area contributed by atoms with Crippen molar-refractivity contribution in [1.29, 1.82) is 0 Å². The number of amides is 2. The third-order valence-electron chi connectivity index (χ3n) is 8.19. The van der Waals surface area contributed by atoms with Gasteiger partial charge in [0.05, 0.1) is 17.7 Å². The van der Waals surface area contributed by atoms with Crippen LogP contribution in [0.3, 0.4) is 0 Å². The van der Waals surface area contributed by atoms with Crippen LogP contribution in [-0.2, 0) is 25.4 Å². The average molecular weight is 564 g/mol. The van der Waals surface area contributed by atoms with Crippen LogP contribution < -0.4 is 10.6 Å². The van der Waals surface area contributed by atoms with Gasteiger partial charge >= 0.3 is 0 Å². The Morgan fingerprint density at radius 2 is 1.31 bits per heavy atom. The first-order valence-electron chi connectivity index (χ1n) is 13.7. The summed E-state index contributed by atoms with van der Waals surface area (Å²) >= 11 is 0. The van der Waals surface area contributed by atoms with E-state index >= 15 is 0 Å². The van der Waals surface area contributed by atoms with Gasteiger partial charge in [-0.25, -0.2) is 4.90 Å². The number of pyridine rings is 2.